The minimum Gasteiger partial charge on any atom is -0.494 e. The lowest BCUT2D eigenvalue weighted by Crippen LogP contribution is -2.12. The quantitative estimate of drug-likeness (QED) is 0.628. The standard InChI is InChI=1S/C20H24BrNO3/c1-4-24-19-10-5-15(13-18(19)21)20(23)22-16-6-8-17(9-7-16)25-12-11-14(2)3/h5-10,13-14H,4,11-12H2,1-3H3,(H,22,23). The number of carbonyl (C=O) groups excluding carboxylic acids is 1. The van der Waals surface area contributed by atoms with Crippen LogP contribution in [0.4, 0.5) is 5.69 Å². The molecular formula is C20H24BrNO3. The Morgan fingerprint density at radius 2 is 1.84 bits per heavy atom. The van der Waals surface area contributed by atoms with Crippen LogP contribution in [0.15, 0.2) is 46.9 Å². The van der Waals surface area contributed by atoms with E-state index in [1.54, 1.807) is 18.2 Å². The number of amides is 1. The molecule has 4 nitrogen and oxygen atoms in total. The van der Waals surface area contributed by atoms with E-state index in [1.807, 2.05) is 31.2 Å². The highest BCUT2D eigenvalue weighted by molar-refractivity contribution is 9.10. The molecule has 134 valence electrons. The van der Waals surface area contributed by atoms with Gasteiger partial charge in [0, 0.05) is 11.3 Å². The van der Waals surface area contributed by atoms with Crippen molar-refractivity contribution >= 4 is 27.5 Å². The molecule has 0 aliphatic heterocycles. The number of ether oxygens (including phenoxy) is 2. The van der Waals surface area contributed by atoms with Crippen molar-refractivity contribution in [2.24, 2.45) is 5.92 Å². The van der Waals surface area contributed by atoms with Crippen molar-refractivity contribution in [1.82, 2.24) is 0 Å². The van der Waals surface area contributed by atoms with E-state index < -0.39 is 0 Å². The molecule has 2 aromatic rings. The Morgan fingerprint density at radius 3 is 2.44 bits per heavy atom. The first-order chi connectivity index (χ1) is 12.0. The second-order valence-electron chi connectivity index (χ2n) is 6.09. The summed E-state index contributed by atoms with van der Waals surface area (Å²) in [5.41, 5.74) is 1.29. The molecule has 1 N–H and O–H groups in total. The first kappa shape index (κ1) is 19.3. The summed E-state index contributed by atoms with van der Waals surface area (Å²) in [5.74, 6) is 1.98. The molecule has 0 unspecified atom stereocenters. The summed E-state index contributed by atoms with van der Waals surface area (Å²) >= 11 is 3.42. The van der Waals surface area contributed by atoms with Gasteiger partial charge in [0.25, 0.3) is 5.91 Å². The Morgan fingerprint density at radius 1 is 1.12 bits per heavy atom. The molecule has 25 heavy (non-hydrogen) atoms. The molecule has 0 spiro atoms. The van der Waals surface area contributed by atoms with E-state index in [0.29, 0.717) is 24.7 Å². The zero-order chi connectivity index (χ0) is 18.2. The van der Waals surface area contributed by atoms with Gasteiger partial charge in [0.15, 0.2) is 0 Å². The zero-order valence-corrected chi connectivity index (χ0v) is 16.4. The highest BCUT2D eigenvalue weighted by Crippen LogP contribution is 2.26. The molecule has 0 aliphatic rings. The predicted molar refractivity (Wildman–Crippen MR) is 105 cm³/mol. The van der Waals surface area contributed by atoms with Crippen molar-refractivity contribution in [2.75, 3.05) is 18.5 Å². The van der Waals surface area contributed by atoms with E-state index in [-0.39, 0.29) is 5.91 Å². The van der Waals surface area contributed by atoms with E-state index in [0.717, 1.165) is 28.1 Å². The van der Waals surface area contributed by atoms with Crippen molar-refractivity contribution in [3.8, 4) is 11.5 Å². The summed E-state index contributed by atoms with van der Waals surface area (Å²) in [6.45, 7) is 7.53. The van der Waals surface area contributed by atoms with E-state index in [1.165, 1.54) is 0 Å². The molecule has 0 aliphatic carbocycles. The number of anilines is 1. The van der Waals surface area contributed by atoms with Gasteiger partial charge in [-0.2, -0.15) is 0 Å². The van der Waals surface area contributed by atoms with Crippen molar-refractivity contribution in [2.45, 2.75) is 27.2 Å². The van der Waals surface area contributed by atoms with Gasteiger partial charge in [0.1, 0.15) is 11.5 Å². The Labute approximate surface area is 157 Å². The lowest BCUT2D eigenvalue weighted by molar-refractivity contribution is 0.102. The van der Waals surface area contributed by atoms with E-state index in [2.05, 4.69) is 35.1 Å². The minimum atomic E-state index is -0.169. The van der Waals surface area contributed by atoms with Crippen LogP contribution in [-0.2, 0) is 0 Å². The van der Waals surface area contributed by atoms with Crippen LogP contribution in [-0.4, -0.2) is 19.1 Å². The molecule has 2 rings (SSSR count). The van der Waals surface area contributed by atoms with Gasteiger partial charge in [-0.15, -0.1) is 0 Å². The second kappa shape index (κ2) is 9.47. The van der Waals surface area contributed by atoms with E-state index in [4.69, 9.17) is 9.47 Å². The summed E-state index contributed by atoms with van der Waals surface area (Å²) in [6, 6.07) is 12.7. The van der Waals surface area contributed by atoms with Crippen LogP contribution in [0.2, 0.25) is 0 Å². The van der Waals surface area contributed by atoms with Gasteiger partial charge in [0.2, 0.25) is 0 Å². The predicted octanol–water partition coefficient (Wildman–Crippen LogP) is 5.53. The van der Waals surface area contributed by atoms with Crippen molar-refractivity contribution in [3.05, 3.63) is 52.5 Å². The van der Waals surface area contributed by atoms with Crippen molar-refractivity contribution < 1.29 is 14.3 Å². The summed E-state index contributed by atoms with van der Waals surface area (Å²) in [6.07, 6.45) is 1.02. The topological polar surface area (TPSA) is 47.6 Å². The molecule has 0 radical (unpaired) electrons. The second-order valence-corrected chi connectivity index (χ2v) is 6.94. The number of rotatable bonds is 8. The Hall–Kier alpha value is -2.01. The van der Waals surface area contributed by atoms with Crippen molar-refractivity contribution in [3.63, 3.8) is 0 Å². The molecular weight excluding hydrogens is 382 g/mol. The van der Waals surface area contributed by atoms with Gasteiger partial charge in [-0.3, -0.25) is 4.79 Å². The summed E-state index contributed by atoms with van der Waals surface area (Å²) in [5, 5.41) is 2.88. The highest BCUT2D eigenvalue weighted by atomic mass is 79.9. The molecule has 0 aromatic heterocycles. The first-order valence-electron chi connectivity index (χ1n) is 8.46. The van der Waals surface area contributed by atoms with Crippen LogP contribution < -0.4 is 14.8 Å². The summed E-state index contributed by atoms with van der Waals surface area (Å²) in [4.78, 5) is 12.4. The summed E-state index contributed by atoms with van der Waals surface area (Å²) in [7, 11) is 0. The average Bonchev–Trinajstić information content (AvgIpc) is 2.58. The molecule has 2 aromatic carbocycles. The van der Waals surface area contributed by atoms with Gasteiger partial charge in [0.05, 0.1) is 17.7 Å². The normalized spacial score (nSPS) is 10.6. The maximum atomic E-state index is 12.4. The maximum absolute atomic E-state index is 12.4. The maximum Gasteiger partial charge on any atom is 0.255 e. The van der Waals surface area contributed by atoms with Gasteiger partial charge in [-0.25, -0.2) is 0 Å². The molecule has 0 fully saturated rings. The van der Waals surface area contributed by atoms with Crippen LogP contribution in [0.1, 0.15) is 37.6 Å². The Balaban J connectivity index is 1.95. The first-order valence-corrected chi connectivity index (χ1v) is 9.25. The SMILES string of the molecule is CCOc1ccc(C(=O)Nc2ccc(OCCC(C)C)cc2)cc1Br. The van der Waals surface area contributed by atoms with Crippen LogP contribution >= 0.6 is 15.9 Å². The number of benzene rings is 2. The van der Waals surface area contributed by atoms with E-state index >= 15 is 0 Å². The lowest BCUT2D eigenvalue weighted by atomic mass is 10.1. The smallest absolute Gasteiger partial charge is 0.255 e. The number of halogens is 1. The fourth-order valence-electron chi connectivity index (χ4n) is 2.16. The third-order valence-electron chi connectivity index (χ3n) is 3.57. The average molecular weight is 406 g/mol. The third-order valence-corrected chi connectivity index (χ3v) is 4.19. The number of carbonyl (C=O) groups is 1. The molecule has 0 saturated carbocycles. The molecule has 5 heteroatoms. The van der Waals surface area contributed by atoms with Crippen molar-refractivity contribution in [1.29, 1.82) is 0 Å². The van der Waals surface area contributed by atoms with Crippen LogP contribution in [0.25, 0.3) is 0 Å². The number of nitrogens with one attached hydrogen (secondary N) is 1. The lowest BCUT2D eigenvalue weighted by Gasteiger charge is -2.10. The molecule has 1 amide bonds. The van der Waals surface area contributed by atoms with Gasteiger partial charge in [-0.05, 0) is 77.7 Å². The summed E-state index contributed by atoms with van der Waals surface area (Å²) < 4.78 is 11.9. The fraction of sp³-hybridized carbons (Fsp3) is 0.350. The van der Waals surface area contributed by atoms with Crippen LogP contribution in [0.3, 0.4) is 0 Å². The van der Waals surface area contributed by atoms with E-state index in [9.17, 15) is 4.79 Å². The molecule has 0 bridgehead atoms. The fourth-order valence-corrected chi connectivity index (χ4v) is 2.66. The number of hydrogen-bond acceptors (Lipinski definition) is 3. The highest BCUT2D eigenvalue weighted by Gasteiger charge is 2.09. The monoisotopic (exact) mass is 405 g/mol. The van der Waals surface area contributed by atoms with Gasteiger partial charge < -0.3 is 14.8 Å². The Kier molecular flexibility index (Phi) is 7.31. The molecule has 0 heterocycles. The minimum absolute atomic E-state index is 0.169. The molecule has 0 atom stereocenters. The largest absolute Gasteiger partial charge is 0.494 e. The third kappa shape index (κ3) is 6.09. The van der Waals surface area contributed by atoms with Gasteiger partial charge in [-0.1, -0.05) is 13.8 Å². The zero-order valence-electron chi connectivity index (χ0n) is 14.8. The van der Waals surface area contributed by atoms with Crippen LogP contribution in [0.5, 0.6) is 11.5 Å². The van der Waals surface area contributed by atoms with Gasteiger partial charge >= 0.3 is 0 Å². The Bertz CT molecular complexity index is 699. The number of hydrogen-bond donors (Lipinski definition) is 1. The molecule has 0 saturated heterocycles. The van der Waals surface area contributed by atoms with Crippen LogP contribution in [0, 0.1) is 5.92 Å².